The van der Waals surface area contributed by atoms with Crippen molar-refractivity contribution in [2.24, 2.45) is 0 Å². The van der Waals surface area contributed by atoms with Crippen LogP contribution in [-0.2, 0) is 4.79 Å². The summed E-state index contributed by atoms with van der Waals surface area (Å²) in [7, 11) is 0. The maximum absolute atomic E-state index is 11.4. The van der Waals surface area contributed by atoms with Gasteiger partial charge in [-0.1, -0.05) is 0 Å². The number of anilines is 1. The molecule has 1 aromatic carbocycles. The first-order valence-corrected chi connectivity index (χ1v) is 5.86. The van der Waals surface area contributed by atoms with Crippen molar-refractivity contribution >= 4 is 29.3 Å². The zero-order chi connectivity index (χ0) is 11.7. The van der Waals surface area contributed by atoms with Gasteiger partial charge in [0.15, 0.2) is 0 Å². The van der Waals surface area contributed by atoms with Crippen LogP contribution in [0.15, 0.2) is 23.1 Å². The topological polar surface area (TPSA) is 57.6 Å². The van der Waals surface area contributed by atoms with E-state index in [1.807, 2.05) is 0 Å². The molecule has 1 N–H and O–H groups in total. The number of rotatable bonds is 1. The Morgan fingerprint density at radius 1 is 1.44 bits per heavy atom. The number of carboxylic acids is 1. The number of carbonyl (C=O) groups excluding carboxylic acids is 1. The number of hydrogen-bond acceptors (Lipinski definition) is 3. The van der Waals surface area contributed by atoms with Crippen LogP contribution in [0.3, 0.4) is 0 Å². The highest BCUT2D eigenvalue weighted by atomic mass is 32.2. The van der Waals surface area contributed by atoms with Gasteiger partial charge in [-0.2, -0.15) is 0 Å². The molecule has 1 aromatic rings. The number of amides is 1. The Labute approximate surface area is 97.3 Å². The highest BCUT2D eigenvalue weighted by Crippen LogP contribution is 2.35. The van der Waals surface area contributed by atoms with Gasteiger partial charge >= 0.3 is 5.97 Å². The van der Waals surface area contributed by atoms with Crippen molar-refractivity contribution in [1.82, 2.24) is 0 Å². The summed E-state index contributed by atoms with van der Waals surface area (Å²) < 4.78 is 0. The van der Waals surface area contributed by atoms with E-state index in [0.29, 0.717) is 12.2 Å². The number of carbonyl (C=O) groups is 2. The fourth-order valence-electron chi connectivity index (χ4n) is 1.68. The molecule has 0 saturated carbocycles. The van der Waals surface area contributed by atoms with Crippen LogP contribution >= 0.6 is 11.8 Å². The van der Waals surface area contributed by atoms with E-state index in [-0.39, 0.29) is 11.5 Å². The van der Waals surface area contributed by atoms with Gasteiger partial charge in [0.2, 0.25) is 5.91 Å². The molecule has 4 nitrogen and oxygen atoms in total. The molecule has 0 fully saturated rings. The van der Waals surface area contributed by atoms with E-state index in [4.69, 9.17) is 5.11 Å². The van der Waals surface area contributed by atoms with Gasteiger partial charge in [-0.3, -0.25) is 4.79 Å². The molecular formula is C11H11NO3S. The van der Waals surface area contributed by atoms with Gasteiger partial charge in [-0.15, -0.1) is 11.8 Å². The first-order valence-electron chi connectivity index (χ1n) is 4.88. The number of benzene rings is 1. The van der Waals surface area contributed by atoms with Gasteiger partial charge in [-0.05, 0) is 18.2 Å². The van der Waals surface area contributed by atoms with E-state index in [1.165, 1.54) is 6.92 Å². The van der Waals surface area contributed by atoms with Gasteiger partial charge < -0.3 is 10.0 Å². The Morgan fingerprint density at radius 3 is 2.81 bits per heavy atom. The first kappa shape index (κ1) is 11.0. The van der Waals surface area contributed by atoms with Crippen molar-refractivity contribution < 1.29 is 14.7 Å². The van der Waals surface area contributed by atoms with E-state index < -0.39 is 5.97 Å². The number of aromatic carboxylic acids is 1. The third kappa shape index (κ3) is 1.90. The monoisotopic (exact) mass is 237 g/mol. The van der Waals surface area contributed by atoms with Crippen LogP contribution < -0.4 is 4.90 Å². The minimum Gasteiger partial charge on any atom is -0.478 e. The van der Waals surface area contributed by atoms with Crippen molar-refractivity contribution in [3.63, 3.8) is 0 Å². The molecule has 0 aromatic heterocycles. The van der Waals surface area contributed by atoms with Crippen LogP contribution in [0.5, 0.6) is 0 Å². The quantitative estimate of drug-likeness (QED) is 0.809. The summed E-state index contributed by atoms with van der Waals surface area (Å²) >= 11 is 1.64. The summed E-state index contributed by atoms with van der Waals surface area (Å²) in [4.78, 5) is 24.9. The van der Waals surface area contributed by atoms with E-state index in [2.05, 4.69) is 0 Å². The largest absolute Gasteiger partial charge is 0.478 e. The first-order chi connectivity index (χ1) is 7.59. The van der Waals surface area contributed by atoms with Gasteiger partial charge in [0.1, 0.15) is 0 Å². The third-order valence-electron chi connectivity index (χ3n) is 2.45. The Balaban J connectivity index is 2.48. The number of fused-ring (bicyclic) bond motifs is 1. The van der Waals surface area contributed by atoms with E-state index in [1.54, 1.807) is 34.9 Å². The zero-order valence-electron chi connectivity index (χ0n) is 8.77. The summed E-state index contributed by atoms with van der Waals surface area (Å²) in [5.74, 6) is -0.176. The summed E-state index contributed by atoms with van der Waals surface area (Å²) in [5, 5.41) is 8.90. The lowest BCUT2D eigenvalue weighted by Gasteiger charge is -2.28. The smallest absolute Gasteiger partial charge is 0.335 e. The van der Waals surface area contributed by atoms with Gasteiger partial charge in [0.05, 0.1) is 11.3 Å². The van der Waals surface area contributed by atoms with E-state index in [9.17, 15) is 9.59 Å². The molecule has 1 aliphatic rings. The minimum atomic E-state index is -0.970. The normalized spacial score (nSPS) is 14.4. The number of thioether (sulfide) groups is 1. The third-order valence-corrected chi connectivity index (χ3v) is 3.49. The fourth-order valence-corrected chi connectivity index (χ4v) is 2.65. The summed E-state index contributed by atoms with van der Waals surface area (Å²) in [6.07, 6.45) is 0. The fraction of sp³-hybridized carbons (Fsp3) is 0.273. The molecule has 0 atom stereocenters. The molecule has 0 aliphatic carbocycles. The molecule has 0 spiro atoms. The SMILES string of the molecule is CC(=O)N1CCSc2ccc(C(=O)O)cc21. The molecule has 1 amide bonds. The van der Waals surface area contributed by atoms with Gasteiger partial charge in [0, 0.05) is 24.1 Å². The Hall–Kier alpha value is -1.49. The standard InChI is InChI=1S/C11H11NO3S/c1-7(13)12-4-5-16-10-3-2-8(11(14)15)6-9(10)12/h2-3,6H,4-5H2,1H3,(H,14,15). The molecular weight excluding hydrogens is 226 g/mol. The Morgan fingerprint density at radius 2 is 2.19 bits per heavy atom. The molecule has 5 heteroatoms. The van der Waals surface area contributed by atoms with Crippen LogP contribution in [0.1, 0.15) is 17.3 Å². The Kier molecular flexibility index (Phi) is 2.87. The number of carboxylic acid groups (broad SMARTS) is 1. The number of hydrogen-bond donors (Lipinski definition) is 1. The van der Waals surface area contributed by atoms with Crippen molar-refractivity contribution in [2.45, 2.75) is 11.8 Å². The number of nitrogens with zero attached hydrogens (tertiary/aromatic N) is 1. The molecule has 0 radical (unpaired) electrons. The predicted octanol–water partition coefficient (Wildman–Crippen LogP) is 1.84. The average molecular weight is 237 g/mol. The van der Waals surface area contributed by atoms with Crippen molar-refractivity contribution in [3.05, 3.63) is 23.8 Å². The molecule has 0 bridgehead atoms. The lowest BCUT2D eigenvalue weighted by molar-refractivity contribution is -0.116. The predicted molar refractivity (Wildman–Crippen MR) is 62.2 cm³/mol. The minimum absolute atomic E-state index is 0.0518. The Bertz CT molecular complexity index is 459. The second-order valence-electron chi connectivity index (χ2n) is 3.51. The van der Waals surface area contributed by atoms with Crippen LogP contribution in [0, 0.1) is 0 Å². The van der Waals surface area contributed by atoms with Crippen LogP contribution in [0.25, 0.3) is 0 Å². The molecule has 1 aliphatic heterocycles. The molecule has 2 rings (SSSR count). The van der Waals surface area contributed by atoms with Crippen molar-refractivity contribution in [2.75, 3.05) is 17.2 Å². The van der Waals surface area contributed by atoms with Crippen LogP contribution in [0.2, 0.25) is 0 Å². The van der Waals surface area contributed by atoms with Crippen LogP contribution in [0.4, 0.5) is 5.69 Å². The molecule has 1 heterocycles. The average Bonchev–Trinajstić information content (AvgIpc) is 2.27. The summed E-state index contributed by atoms with van der Waals surface area (Å²) in [6, 6.07) is 4.89. The summed E-state index contributed by atoms with van der Waals surface area (Å²) in [6.45, 7) is 2.13. The van der Waals surface area contributed by atoms with E-state index in [0.717, 1.165) is 10.6 Å². The highest BCUT2D eigenvalue weighted by molar-refractivity contribution is 7.99. The maximum Gasteiger partial charge on any atom is 0.335 e. The molecule has 0 saturated heterocycles. The van der Waals surface area contributed by atoms with Gasteiger partial charge in [-0.25, -0.2) is 4.79 Å². The van der Waals surface area contributed by atoms with Gasteiger partial charge in [0.25, 0.3) is 0 Å². The van der Waals surface area contributed by atoms with Crippen molar-refractivity contribution in [1.29, 1.82) is 0 Å². The van der Waals surface area contributed by atoms with Crippen LogP contribution in [-0.4, -0.2) is 29.3 Å². The maximum atomic E-state index is 11.4. The molecule has 0 unspecified atom stereocenters. The molecule has 84 valence electrons. The van der Waals surface area contributed by atoms with Crippen molar-refractivity contribution in [3.8, 4) is 0 Å². The zero-order valence-corrected chi connectivity index (χ0v) is 9.58. The molecule has 16 heavy (non-hydrogen) atoms. The van der Waals surface area contributed by atoms with E-state index >= 15 is 0 Å². The lowest BCUT2D eigenvalue weighted by atomic mass is 10.2. The second kappa shape index (κ2) is 4.17. The lowest BCUT2D eigenvalue weighted by Crippen LogP contribution is -2.33. The summed E-state index contributed by atoms with van der Waals surface area (Å²) in [5.41, 5.74) is 0.927. The second-order valence-corrected chi connectivity index (χ2v) is 4.64. The highest BCUT2D eigenvalue weighted by Gasteiger charge is 2.21.